The van der Waals surface area contributed by atoms with Crippen molar-refractivity contribution in [1.82, 2.24) is 15.1 Å². The third-order valence-electron chi connectivity index (χ3n) is 7.03. The summed E-state index contributed by atoms with van der Waals surface area (Å²) in [5.74, 6) is 2.46. The van der Waals surface area contributed by atoms with Gasteiger partial charge in [0.25, 0.3) is 5.91 Å². The summed E-state index contributed by atoms with van der Waals surface area (Å²) in [7, 11) is 3.20. The Morgan fingerprint density at radius 2 is 1.80 bits per heavy atom. The topological polar surface area (TPSA) is 71.1 Å². The third-order valence-corrected chi connectivity index (χ3v) is 7.03. The van der Waals surface area contributed by atoms with Crippen LogP contribution in [0.4, 0.5) is 0 Å². The minimum atomic E-state index is -0.676. The molecule has 7 nitrogen and oxygen atoms in total. The van der Waals surface area contributed by atoms with Crippen molar-refractivity contribution in [2.24, 2.45) is 11.8 Å². The Balaban J connectivity index is 1.46. The van der Waals surface area contributed by atoms with Gasteiger partial charge >= 0.3 is 0 Å². The SMILES string of the molecule is COc1ccc(OC)c(CN2C(=O)c3ccccc3[C@@H]2C(=O)NCCCN2C[C@H](C)C[C@@H](C)C2)c1. The Kier molecular flexibility index (Phi) is 7.96. The van der Waals surface area contributed by atoms with Gasteiger partial charge < -0.3 is 24.6 Å². The molecule has 0 aliphatic carbocycles. The van der Waals surface area contributed by atoms with Gasteiger partial charge in [-0.15, -0.1) is 0 Å². The Hall–Kier alpha value is -3.06. The van der Waals surface area contributed by atoms with E-state index in [-0.39, 0.29) is 18.4 Å². The average molecular weight is 480 g/mol. The molecule has 0 unspecified atom stereocenters. The Morgan fingerprint density at radius 3 is 2.51 bits per heavy atom. The zero-order valence-electron chi connectivity index (χ0n) is 21.3. The van der Waals surface area contributed by atoms with Gasteiger partial charge in [0.2, 0.25) is 5.91 Å². The first-order valence-electron chi connectivity index (χ1n) is 12.5. The lowest BCUT2D eigenvalue weighted by atomic mass is 9.92. The van der Waals surface area contributed by atoms with Crippen LogP contribution < -0.4 is 14.8 Å². The molecule has 1 fully saturated rings. The lowest BCUT2D eigenvalue weighted by molar-refractivity contribution is -0.125. The fourth-order valence-electron chi connectivity index (χ4n) is 5.59. The van der Waals surface area contributed by atoms with E-state index in [9.17, 15) is 9.59 Å². The van der Waals surface area contributed by atoms with E-state index >= 15 is 0 Å². The van der Waals surface area contributed by atoms with E-state index in [1.807, 2.05) is 36.4 Å². The van der Waals surface area contributed by atoms with E-state index in [2.05, 4.69) is 24.1 Å². The van der Waals surface area contributed by atoms with Crippen LogP contribution in [0, 0.1) is 11.8 Å². The molecule has 0 spiro atoms. The first kappa shape index (κ1) is 25.0. The number of benzene rings is 2. The van der Waals surface area contributed by atoms with Gasteiger partial charge in [0.1, 0.15) is 17.5 Å². The van der Waals surface area contributed by atoms with E-state index in [1.165, 1.54) is 6.42 Å². The molecule has 0 radical (unpaired) electrons. The third kappa shape index (κ3) is 5.61. The summed E-state index contributed by atoms with van der Waals surface area (Å²) in [5.41, 5.74) is 2.11. The van der Waals surface area contributed by atoms with Gasteiger partial charge in [-0.2, -0.15) is 0 Å². The van der Waals surface area contributed by atoms with Crippen LogP contribution in [0.25, 0.3) is 0 Å². The van der Waals surface area contributed by atoms with Crippen LogP contribution in [0.2, 0.25) is 0 Å². The van der Waals surface area contributed by atoms with Gasteiger partial charge in [-0.25, -0.2) is 0 Å². The van der Waals surface area contributed by atoms with Gasteiger partial charge in [0, 0.05) is 30.8 Å². The van der Waals surface area contributed by atoms with Crippen molar-refractivity contribution in [3.05, 3.63) is 59.2 Å². The van der Waals surface area contributed by atoms with Crippen LogP contribution in [0.15, 0.2) is 42.5 Å². The number of hydrogen-bond donors (Lipinski definition) is 1. The summed E-state index contributed by atoms with van der Waals surface area (Å²) < 4.78 is 10.9. The molecule has 2 aromatic carbocycles. The molecular formula is C28H37N3O4. The maximum absolute atomic E-state index is 13.4. The minimum Gasteiger partial charge on any atom is -0.497 e. The summed E-state index contributed by atoms with van der Waals surface area (Å²) in [6, 6.07) is 12.2. The Labute approximate surface area is 208 Å². The van der Waals surface area contributed by atoms with Crippen LogP contribution in [-0.2, 0) is 11.3 Å². The van der Waals surface area contributed by atoms with E-state index in [4.69, 9.17) is 9.47 Å². The van der Waals surface area contributed by atoms with Crippen LogP contribution in [0.5, 0.6) is 11.5 Å². The first-order chi connectivity index (χ1) is 16.9. The zero-order valence-corrected chi connectivity index (χ0v) is 21.3. The van der Waals surface area contributed by atoms with Crippen LogP contribution in [0.1, 0.15) is 54.2 Å². The highest BCUT2D eigenvalue weighted by Crippen LogP contribution is 2.37. The number of rotatable bonds is 9. The second kappa shape index (κ2) is 11.1. The van der Waals surface area contributed by atoms with Gasteiger partial charge in [-0.05, 0) is 61.1 Å². The number of methoxy groups -OCH3 is 2. The summed E-state index contributed by atoms with van der Waals surface area (Å²) in [6.45, 7) is 8.67. The number of likely N-dealkylation sites (tertiary alicyclic amines) is 1. The summed E-state index contributed by atoms with van der Waals surface area (Å²) in [5, 5.41) is 3.10. The minimum absolute atomic E-state index is 0.148. The van der Waals surface area contributed by atoms with Crippen molar-refractivity contribution in [1.29, 1.82) is 0 Å². The predicted molar refractivity (Wildman–Crippen MR) is 136 cm³/mol. The highest BCUT2D eigenvalue weighted by atomic mass is 16.5. The summed E-state index contributed by atoms with van der Waals surface area (Å²) in [6.07, 6.45) is 2.17. The smallest absolute Gasteiger partial charge is 0.255 e. The average Bonchev–Trinajstić information content (AvgIpc) is 3.12. The van der Waals surface area contributed by atoms with E-state index in [0.29, 0.717) is 23.6 Å². The van der Waals surface area contributed by atoms with Crippen molar-refractivity contribution in [3.8, 4) is 11.5 Å². The number of ether oxygens (including phenoxy) is 2. The molecule has 188 valence electrons. The van der Waals surface area contributed by atoms with Crippen LogP contribution in [-0.4, -0.2) is 62.0 Å². The molecule has 0 saturated carbocycles. The lowest BCUT2D eigenvalue weighted by Crippen LogP contribution is -2.41. The maximum atomic E-state index is 13.4. The molecule has 1 saturated heterocycles. The fourth-order valence-corrected chi connectivity index (χ4v) is 5.59. The van der Waals surface area contributed by atoms with Crippen molar-refractivity contribution in [2.75, 3.05) is 40.4 Å². The second-order valence-electron chi connectivity index (χ2n) is 9.95. The molecule has 2 amide bonds. The molecule has 7 heteroatoms. The van der Waals surface area contributed by atoms with Crippen LogP contribution in [0.3, 0.4) is 0 Å². The van der Waals surface area contributed by atoms with E-state index in [0.717, 1.165) is 49.0 Å². The lowest BCUT2D eigenvalue weighted by Gasteiger charge is -2.35. The van der Waals surface area contributed by atoms with E-state index < -0.39 is 6.04 Å². The van der Waals surface area contributed by atoms with Gasteiger partial charge in [0.15, 0.2) is 0 Å². The zero-order chi connectivity index (χ0) is 24.9. The number of piperidine rings is 1. The highest BCUT2D eigenvalue weighted by Gasteiger charge is 2.41. The van der Waals surface area contributed by atoms with E-state index in [1.54, 1.807) is 25.2 Å². The molecule has 4 rings (SSSR count). The predicted octanol–water partition coefficient (Wildman–Crippen LogP) is 3.89. The van der Waals surface area contributed by atoms with Crippen molar-refractivity contribution >= 4 is 11.8 Å². The number of carbonyl (C=O) groups excluding carboxylic acids is 2. The first-order valence-corrected chi connectivity index (χ1v) is 12.5. The van der Waals surface area contributed by atoms with Crippen molar-refractivity contribution in [3.63, 3.8) is 0 Å². The normalized spacial score (nSPS) is 22.1. The highest BCUT2D eigenvalue weighted by molar-refractivity contribution is 6.04. The number of hydrogen-bond acceptors (Lipinski definition) is 5. The molecule has 3 atom stereocenters. The number of nitrogens with zero attached hydrogens (tertiary/aromatic N) is 2. The summed E-state index contributed by atoms with van der Waals surface area (Å²) >= 11 is 0. The Morgan fingerprint density at radius 1 is 1.06 bits per heavy atom. The monoisotopic (exact) mass is 479 g/mol. The van der Waals surface area contributed by atoms with Gasteiger partial charge in [-0.3, -0.25) is 9.59 Å². The van der Waals surface area contributed by atoms with Gasteiger partial charge in [-0.1, -0.05) is 32.0 Å². The molecule has 2 aliphatic heterocycles. The molecule has 35 heavy (non-hydrogen) atoms. The molecule has 0 bridgehead atoms. The van der Waals surface area contributed by atoms with Crippen molar-refractivity contribution < 1.29 is 19.1 Å². The van der Waals surface area contributed by atoms with Gasteiger partial charge in [0.05, 0.1) is 20.8 Å². The number of nitrogens with one attached hydrogen (secondary N) is 1. The molecule has 2 aliphatic rings. The molecule has 0 aromatic heterocycles. The standard InChI is InChI=1S/C28H37N3O4/c1-19-14-20(2)17-30(16-19)13-7-12-29-27(32)26-23-8-5-6-9-24(23)28(33)31(26)18-21-15-22(34-3)10-11-25(21)35-4/h5-6,8-11,15,19-20,26H,7,12-14,16-18H2,1-4H3,(H,29,32)/t19-,20-,26-/m1/s1. The second-order valence-corrected chi connectivity index (χ2v) is 9.95. The number of amides is 2. The Bertz CT molecular complexity index is 1050. The largest absolute Gasteiger partial charge is 0.497 e. The fraction of sp³-hybridized carbons (Fsp3) is 0.500. The van der Waals surface area contributed by atoms with Crippen molar-refractivity contribution in [2.45, 2.75) is 39.3 Å². The molecule has 2 heterocycles. The number of fused-ring (bicyclic) bond motifs is 1. The number of carbonyl (C=O) groups is 2. The molecule has 2 aromatic rings. The summed E-state index contributed by atoms with van der Waals surface area (Å²) in [4.78, 5) is 30.9. The van der Waals surface area contributed by atoms with Crippen LogP contribution >= 0.6 is 0 Å². The molecule has 1 N–H and O–H groups in total. The molecular weight excluding hydrogens is 442 g/mol. The quantitative estimate of drug-likeness (QED) is 0.553. The maximum Gasteiger partial charge on any atom is 0.255 e.